The van der Waals surface area contributed by atoms with E-state index in [9.17, 15) is 9.18 Å². The Bertz CT molecular complexity index is 685. The highest BCUT2D eigenvalue weighted by Crippen LogP contribution is 2.42. The first-order chi connectivity index (χ1) is 11.2. The number of nitrogens with zero attached hydrogens (tertiary/aromatic N) is 3. The van der Waals surface area contributed by atoms with Crippen LogP contribution in [-0.2, 0) is 4.74 Å². The van der Waals surface area contributed by atoms with E-state index in [-0.39, 0.29) is 17.8 Å². The van der Waals surface area contributed by atoms with Crippen LogP contribution in [0.2, 0.25) is 0 Å². The number of cyclic esters (lactones) is 1. The highest BCUT2D eigenvalue weighted by atomic mass is 19.1. The normalized spacial score (nSPS) is 22.9. The lowest BCUT2D eigenvalue weighted by Gasteiger charge is -2.36. The average molecular weight is 334 g/mol. The SMILES string of the molecule is C=C[C@H](Nc1ncc(F)c(N2C(=O)OC(C)(C)C2(C)C)n1)C1CC1. The predicted octanol–water partition coefficient (Wildman–Crippen LogP) is 3.51. The van der Waals surface area contributed by atoms with E-state index in [1.165, 1.54) is 4.90 Å². The van der Waals surface area contributed by atoms with Gasteiger partial charge in [-0.1, -0.05) is 6.08 Å². The molecule has 7 heteroatoms. The molecule has 1 aromatic heterocycles. The van der Waals surface area contributed by atoms with Crippen LogP contribution in [0.1, 0.15) is 40.5 Å². The van der Waals surface area contributed by atoms with Gasteiger partial charge in [0.05, 0.1) is 11.7 Å². The molecule has 1 aromatic rings. The summed E-state index contributed by atoms with van der Waals surface area (Å²) in [5, 5.41) is 3.16. The van der Waals surface area contributed by atoms with E-state index in [0.717, 1.165) is 19.0 Å². The lowest BCUT2D eigenvalue weighted by atomic mass is 9.85. The molecule has 3 rings (SSSR count). The maximum Gasteiger partial charge on any atom is 0.416 e. The third-order valence-corrected chi connectivity index (χ3v) is 5.17. The molecule has 6 nitrogen and oxygen atoms in total. The predicted molar refractivity (Wildman–Crippen MR) is 89.4 cm³/mol. The third kappa shape index (κ3) is 2.61. The van der Waals surface area contributed by atoms with Gasteiger partial charge in [-0.15, -0.1) is 6.58 Å². The van der Waals surface area contributed by atoms with E-state index in [2.05, 4.69) is 21.9 Å². The van der Waals surface area contributed by atoms with Crippen LogP contribution >= 0.6 is 0 Å². The van der Waals surface area contributed by atoms with E-state index in [1.54, 1.807) is 19.9 Å². The van der Waals surface area contributed by atoms with Gasteiger partial charge < -0.3 is 10.1 Å². The number of ether oxygens (including phenoxy) is 1. The molecule has 1 saturated carbocycles. The molecule has 1 aliphatic heterocycles. The molecule has 2 aliphatic rings. The zero-order chi connectivity index (χ0) is 17.7. The zero-order valence-corrected chi connectivity index (χ0v) is 14.5. The number of halogens is 1. The Balaban J connectivity index is 1.94. The Hall–Kier alpha value is -2.18. The Morgan fingerprint density at radius 3 is 2.62 bits per heavy atom. The molecule has 1 N–H and O–H groups in total. The Kier molecular flexibility index (Phi) is 3.77. The van der Waals surface area contributed by atoms with E-state index >= 15 is 0 Å². The Labute approximate surface area is 141 Å². The molecule has 1 aliphatic carbocycles. The van der Waals surface area contributed by atoms with Crippen LogP contribution in [0.5, 0.6) is 0 Å². The number of carbonyl (C=O) groups excluding carboxylic acids is 1. The van der Waals surface area contributed by atoms with Crippen LogP contribution in [0.3, 0.4) is 0 Å². The second-order valence-corrected chi connectivity index (χ2v) is 7.38. The minimum atomic E-state index is -0.771. The van der Waals surface area contributed by atoms with Gasteiger partial charge in [0.15, 0.2) is 11.6 Å². The molecule has 2 fully saturated rings. The molecular weight excluding hydrogens is 311 g/mol. The van der Waals surface area contributed by atoms with E-state index in [1.807, 2.05) is 13.8 Å². The first-order valence-electron chi connectivity index (χ1n) is 8.12. The van der Waals surface area contributed by atoms with Crippen molar-refractivity contribution in [2.45, 2.75) is 57.7 Å². The lowest BCUT2D eigenvalue weighted by molar-refractivity contribution is 0.0458. The molecule has 2 heterocycles. The first-order valence-corrected chi connectivity index (χ1v) is 8.12. The van der Waals surface area contributed by atoms with Crippen LogP contribution in [0.4, 0.5) is 21.0 Å². The summed E-state index contributed by atoms with van der Waals surface area (Å²) in [5.74, 6) is 0.0415. The van der Waals surface area contributed by atoms with Gasteiger partial charge in [0, 0.05) is 6.04 Å². The summed E-state index contributed by atoms with van der Waals surface area (Å²) < 4.78 is 19.8. The maximum absolute atomic E-state index is 14.4. The van der Waals surface area contributed by atoms with Crippen LogP contribution in [0, 0.1) is 11.7 Å². The molecule has 24 heavy (non-hydrogen) atoms. The number of amides is 1. The highest BCUT2D eigenvalue weighted by molar-refractivity contribution is 5.91. The zero-order valence-electron chi connectivity index (χ0n) is 14.5. The number of nitrogens with one attached hydrogen (secondary N) is 1. The number of anilines is 2. The Morgan fingerprint density at radius 2 is 2.12 bits per heavy atom. The summed E-state index contributed by atoms with van der Waals surface area (Å²) in [6.07, 6.45) is 4.51. The van der Waals surface area contributed by atoms with Crippen molar-refractivity contribution in [2.75, 3.05) is 10.2 Å². The van der Waals surface area contributed by atoms with Gasteiger partial charge in [-0.25, -0.2) is 19.1 Å². The number of hydrogen-bond donors (Lipinski definition) is 1. The minimum absolute atomic E-state index is 0.0401. The second kappa shape index (κ2) is 5.43. The largest absolute Gasteiger partial charge is 0.441 e. The number of rotatable bonds is 5. The van der Waals surface area contributed by atoms with Gasteiger partial charge in [-0.2, -0.15) is 4.98 Å². The van der Waals surface area contributed by atoms with Crippen LogP contribution in [-0.4, -0.2) is 33.2 Å². The van der Waals surface area contributed by atoms with Crippen molar-refractivity contribution < 1.29 is 13.9 Å². The smallest absolute Gasteiger partial charge is 0.416 e. The number of hydrogen-bond acceptors (Lipinski definition) is 5. The number of carbonyl (C=O) groups is 1. The molecule has 130 valence electrons. The van der Waals surface area contributed by atoms with Crippen molar-refractivity contribution >= 4 is 17.9 Å². The van der Waals surface area contributed by atoms with Crippen LogP contribution in [0.15, 0.2) is 18.9 Å². The molecular formula is C17H23FN4O2. The van der Waals surface area contributed by atoms with Gasteiger partial charge in [-0.3, -0.25) is 0 Å². The van der Waals surface area contributed by atoms with Crippen molar-refractivity contribution in [2.24, 2.45) is 5.92 Å². The van der Waals surface area contributed by atoms with Crippen molar-refractivity contribution in [3.05, 3.63) is 24.7 Å². The first kappa shape index (κ1) is 16.7. The van der Waals surface area contributed by atoms with Gasteiger partial charge in [0.2, 0.25) is 5.95 Å². The molecule has 0 unspecified atom stereocenters. The highest BCUT2D eigenvalue weighted by Gasteiger charge is 2.56. The summed E-state index contributed by atoms with van der Waals surface area (Å²) in [6.45, 7) is 11.1. The molecule has 0 aromatic carbocycles. The third-order valence-electron chi connectivity index (χ3n) is 5.17. The van der Waals surface area contributed by atoms with Gasteiger partial charge >= 0.3 is 6.09 Å². The van der Waals surface area contributed by atoms with E-state index in [0.29, 0.717) is 5.92 Å². The Morgan fingerprint density at radius 1 is 1.46 bits per heavy atom. The average Bonchev–Trinajstić information content (AvgIpc) is 3.29. The van der Waals surface area contributed by atoms with Crippen molar-refractivity contribution in [3.63, 3.8) is 0 Å². The fourth-order valence-corrected chi connectivity index (χ4v) is 2.80. The number of aromatic nitrogens is 2. The molecule has 0 spiro atoms. The van der Waals surface area contributed by atoms with Crippen molar-refractivity contribution in [1.82, 2.24) is 9.97 Å². The van der Waals surface area contributed by atoms with Gasteiger partial charge in [0.1, 0.15) is 5.60 Å². The minimum Gasteiger partial charge on any atom is -0.441 e. The summed E-state index contributed by atoms with van der Waals surface area (Å²) in [6, 6.07) is 0.0401. The lowest BCUT2D eigenvalue weighted by Crippen LogP contribution is -2.51. The summed E-state index contributed by atoms with van der Waals surface area (Å²) >= 11 is 0. The van der Waals surface area contributed by atoms with Crippen LogP contribution < -0.4 is 10.2 Å². The second-order valence-electron chi connectivity index (χ2n) is 7.38. The molecule has 1 atom stereocenters. The summed E-state index contributed by atoms with van der Waals surface area (Å²) in [5.41, 5.74) is -1.53. The van der Waals surface area contributed by atoms with Gasteiger partial charge in [0.25, 0.3) is 0 Å². The van der Waals surface area contributed by atoms with Crippen LogP contribution in [0.25, 0.3) is 0 Å². The topological polar surface area (TPSA) is 67.4 Å². The molecule has 0 bridgehead atoms. The van der Waals surface area contributed by atoms with E-state index in [4.69, 9.17) is 4.74 Å². The standard InChI is InChI=1S/C17H23FN4O2/c1-6-12(10-7-8-10)20-14-19-9-11(18)13(21-14)22-15(23)24-17(4,5)16(22,2)3/h6,9-10,12H,1,7-8H2,2-5H3,(H,19,20,21)/t12-/m0/s1. The monoisotopic (exact) mass is 334 g/mol. The molecule has 0 radical (unpaired) electrons. The summed E-state index contributed by atoms with van der Waals surface area (Å²) in [4.78, 5) is 21.8. The van der Waals surface area contributed by atoms with E-state index < -0.39 is 23.1 Å². The fraction of sp³-hybridized carbons (Fsp3) is 0.588. The quantitative estimate of drug-likeness (QED) is 0.835. The van der Waals surface area contributed by atoms with Crippen molar-refractivity contribution in [1.29, 1.82) is 0 Å². The summed E-state index contributed by atoms with van der Waals surface area (Å²) in [7, 11) is 0. The van der Waals surface area contributed by atoms with Crippen molar-refractivity contribution in [3.8, 4) is 0 Å². The van der Waals surface area contributed by atoms with Gasteiger partial charge in [-0.05, 0) is 46.5 Å². The fourth-order valence-electron chi connectivity index (χ4n) is 2.80. The molecule has 1 saturated heterocycles. The maximum atomic E-state index is 14.4. The molecule has 1 amide bonds.